The summed E-state index contributed by atoms with van der Waals surface area (Å²) in [6.45, 7) is 1.93. The Hall–Kier alpha value is -1.71. The molecule has 0 saturated carbocycles. The lowest BCUT2D eigenvalue weighted by Crippen LogP contribution is -2.29. The molecule has 0 heterocycles. The number of amides is 1. The molecule has 4 heteroatoms. The molecule has 1 aromatic rings. The van der Waals surface area contributed by atoms with E-state index in [0.29, 0.717) is 17.9 Å². The summed E-state index contributed by atoms with van der Waals surface area (Å²) >= 11 is 0. The second-order valence-corrected chi connectivity index (χ2v) is 4.53. The lowest BCUT2D eigenvalue weighted by Gasteiger charge is -2.17. The van der Waals surface area contributed by atoms with Crippen molar-refractivity contribution in [1.29, 1.82) is 0 Å². The smallest absolute Gasteiger partial charge is 0.225 e. The van der Waals surface area contributed by atoms with Gasteiger partial charge in [-0.1, -0.05) is 13.0 Å². The molecule has 0 aliphatic carbocycles. The van der Waals surface area contributed by atoms with Crippen LogP contribution < -0.4 is 9.47 Å². The third-order valence-electron chi connectivity index (χ3n) is 2.85. The zero-order chi connectivity index (χ0) is 13.7. The van der Waals surface area contributed by atoms with Crippen molar-refractivity contribution in [3.05, 3.63) is 23.8 Å². The SMILES string of the molecule is COc1ccc(C[C@@H](C)C(=O)N(C)C)cc1OC. The minimum atomic E-state index is -0.0434. The van der Waals surface area contributed by atoms with Gasteiger partial charge in [0.1, 0.15) is 0 Å². The van der Waals surface area contributed by atoms with Crippen molar-refractivity contribution in [3.8, 4) is 11.5 Å². The molecule has 0 aliphatic heterocycles. The molecule has 0 spiro atoms. The fraction of sp³-hybridized carbons (Fsp3) is 0.500. The minimum absolute atomic E-state index is 0.0434. The summed E-state index contributed by atoms with van der Waals surface area (Å²) in [5.41, 5.74) is 1.07. The van der Waals surface area contributed by atoms with Gasteiger partial charge in [-0.25, -0.2) is 0 Å². The van der Waals surface area contributed by atoms with Crippen molar-refractivity contribution >= 4 is 5.91 Å². The summed E-state index contributed by atoms with van der Waals surface area (Å²) in [7, 11) is 6.76. The van der Waals surface area contributed by atoms with Crippen LogP contribution in [0.5, 0.6) is 11.5 Å². The van der Waals surface area contributed by atoms with Crippen LogP contribution in [0.4, 0.5) is 0 Å². The van der Waals surface area contributed by atoms with Gasteiger partial charge >= 0.3 is 0 Å². The van der Waals surface area contributed by atoms with E-state index in [1.807, 2.05) is 25.1 Å². The Kier molecular flexibility index (Phi) is 5.01. The Morgan fingerprint density at radius 2 is 1.83 bits per heavy atom. The average molecular weight is 251 g/mol. The summed E-state index contributed by atoms with van der Waals surface area (Å²) < 4.78 is 10.4. The molecular formula is C14H21NO3. The molecule has 100 valence electrons. The van der Waals surface area contributed by atoms with Crippen LogP contribution in [0.1, 0.15) is 12.5 Å². The lowest BCUT2D eigenvalue weighted by atomic mass is 9.99. The number of rotatable bonds is 5. The molecule has 0 bridgehead atoms. The fourth-order valence-corrected chi connectivity index (χ4v) is 1.89. The molecule has 4 nitrogen and oxygen atoms in total. The molecule has 0 radical (unpaired) electrons. The summed E-state index contributed by atoms with van der Waals surface area (Å²) in [6.07, 6.45) is 0.692. The zero-order valence-corrected chi connectivity index (χ0v) is 11.7. The molecule has 1 aromatic carbocycles. The summed E-state index contributed by atoms with van der Waals surface area (Å²) in [6, 6.07) is 5.74. The van der Waals surface area contributed by atoms with Gasteiger partial charge in [0.05, 0.1) is 14.2 Å². The number of methoxy groups -OCH3 is 2. The normalized spacial score (nSPS) is 11.8. The van der Waals surface area contributed by atoms with E-state index in [1.165, 1.54) is 0 Å². The monoisotopic (exact) mass is 251 g/mol. The topological polar surface area (TPSA) is 38.8 Å². The van der Waals surface area contributed by atoms with Crippen molar-refractivity contribution < 1.29 is 14.3 Å². The highest BCUT2D eigenvalue weighted by Crippen LogP contribution is 2.28. The first-order valence-electron chi connectivity index (χ1n) is 5.91. The minimum Gasteiger partial charge on any atom is -0.493 e. The molecule has 18 heavy (non-hydrogen) atoms. The number of ether oxygens (including phenoxy) is 2. The highest BCUT2D eigenvalue weighted by atomic mass is 16.5. The predicted molar refractivity (Wildman–Crippen MR) is 71.1 cm³/mol. The van der Waals surface area contributed by atoms with E-state index >= 15 is 0 Å². The maximum absolute atomic E-state index is 11.8. The number of nitrogens with zero attached hydrogens (tertiary/aromatic N) is 1. The summed E-state index contributed by atoms with van der Waals surface area (Å²) in [5.74, 6) is 1.48. The molecular weight excluding hydrogens is 230 g/mol. The standard InChI is InChI=1S/C14H21NO3/c1-10(14(16)15(2)3)8-11-6-7-12(17-4)13(9-11)18-5/h6-7,9-10H,8H2,1-5H3/t10-/m1/s1. The van der Waals surface area contributed by atoms with E-state index in [1.54, 1.807) is 33.2 Å². The van der Waals surface area contributed by atoms with Gasteiger partial charge in [0, 0.05) is 20.0 Å². The van der Waals surface area contributed by atoms with Crippen LogP contribution in [-0.2, 0) is 11.2 Å². The Morgan fingerprint density at radius 3 is 2.33 bits per heavy atom. The molecule has 1 rings (SSSR count). The second kappa shape index (κ2) is 6.28. The summed E-state index contributed by atoms with van der Waals surface area (Å²) in [5, 5.41) is 0. The second-order valence-electron chi connectivity index (χ2n) is 4.53. The zero-order valence-electron chi connectivity index (χ0n) is 11.7. The Balaban J connectivity index is 2.82. The third-order valence-corrected chi connectivity index (χ3v) is 2.85. The van der Waals surface area contributed by atoms with Crippen molar-refractivity contribution in [2.24, 2.45) is 5.92 Å². The first-order valence-corrected chi connectivity index (χ1v) is 5.91. The Labute approximate surface area is 108 Å². The lowest BCUT2D eigenvalue weighted by molar-refractivity contribution is -0.132. The third kappa shape index (κ3) is 3.39. The first-order chi connectivity index (χ1) is 8.49. The fourth-order valence-electron chi connectivity index (χ4n) is 1.89. The van der Waals surface area contributed by atoms with Crippen molar-refractivity contribution in [2.45, 2.75) is 13.3 Å². The largest absolute Gasteiger partial charge is 0.493 e. The number of benzene rings is 1. The van der Waals surface area contributed by atoms with Gasteiger partial charge in [0.25, 0.3) is 0 Å². The molecule has 0 saturated heterocycles. The quantitative estimate of drug-likeness (QED) is 0.803. The average Bonchev–Trinajstić information content (AvgIpc) is 2.37. The van der Waals surface area contributed by atoms with E-state index in [9.17, 15) is 4.79 Å². The predicted octanol–water partition coefficient (Wildman–Crippen LogP) is 1.97. The van der Waals surface area contributed by atoms with Gasteiger partial charge < -0.3 is 14.4 Å². The van der Waals surface area contributed by atoms with E-state index in [4.69, 9.17) is 9.47 Å². The van der Waals surface area contributed by atoms with Gasteiger partial charge in [0.2, 0.25) is 5.91 Å². The summed E-state index contributed by atoms with van der Waals surface area (Å²) in [4.78, 5) is 13.4. The maximum Gasteiger partial charge on any atom is 0.225 e. The highest BCUT2D eigenvalue weighted by Gasteiger charge is 2.16. The van der Waals surface area contributed by atoms with Crippen LogP contribution >= 0.6 is 0 Å². The number of hydrogen-bond donors (Lipinski definition) is 0. The van der Waals surface area contributed by atoms with Gasteiger partial charge in [0.15, 0.2) is 11.5 Å². The van der Waals surface area contributed by atoms with Crippen molar-refractivity contribution in [1.82, 2.24) is 4.90 Å². The van der Waals surface area contributed by atoms with Crippen molar-refractivity contribution in [3.63, 3.8) is 0 Å². The first kappa shape index (κ1) is 14.4. The van der Waals surface area contributed by atoms with Gasteiger partial charge in [-0.05, 0) is 24.1 Å². The van der Waals surface area contributed by atoms with Crippen molar-refractivity contribution in [2.75, 3.05) is 28.3 Å². The number of carbonyl (C=O) groups is 1. The van der Waals surface area contributed by atoms with E-state index in [-0.39, 0.29) is 11.8 Å². The van der Waals surface area contributed by atoms with Gasteiger partial charge in [-0.15, -0.1) is 0 Å². The van der Waals surface area contributed by atoms with Crippen LogP contribution in [0.3, 0.4) is 0 Å². The van der Waals surface area contributed by atoms with Gasteiger partial charge in [-0.3, -0.25) is 4.79 Å². The molecule has 1 atom stereocenters. The van der Waals surface area contributed by atoms with Crippen LogP contribution in [0, 0.1) is 5.92 Å². The molecule has 0 aromatic heterocycles. The Morgan fingerprint density at radius 1 is 1.22 bits per heavy atom. The molecule has 0 unspecified atom stereocenters. The van der Waals surface area contributed by atoms with Gasteiger partial charge in [-0.2, -0.15) is 0 Å². The molecule has 1 amide bonds. The molecule has 0 fully saturated rings. The van der Waals surface area contributed by atoms with Crippen LogP contribution in [0.2, 0.25) is 0 Å². The van der Waals surface area contributed by atoms with Crippen LogP contribution in [0.15, 0.2) is 18.2 Å². The molecule has 0 N–H and O–H groups in total. The van der Waals surface area contributed by atoms with Crippen LogP contribution in [0.25, 0.3) is 0 Å². The van der Waals surface area contributed by atoms with E-state index < -0.39 is 0 Å². The molecule has 0 aliphatic rings. The number of carbonyl (C=O) groups excluding carboxylic acids is 1. The van der Waals surface area contributed by atoms with E-state index in [0.717, 1.165) is 5.56 Å². The van der Waals surface area contributed by atoms with E-state index in [2.05, 4.69) is 0 Å². The maximum atomic E-state index is 11.8. The van der Waals surface area contributed by atoms with Crippen LogP contribution in [-0.4, -0.2) is 39.1 Å². The number of hydrogen-bond acceptors (Lipinski definition) is 3. The highest BCUT2D eigenvalue weighted by molar-refractivity contribution is 5.78. The Bertz CT molecular complexity index is 416.